The Bertz CT molecular complexity index is 262. The van der Waals surface area contributed by atoms with Gasteiger partial charge in [-0.2, -0.15) is 0 Å². The van der Waals surface area contributed by atoms with Crippen LogP contribution in [0, 0.1) is 0 Å². The molecule has 0 aromatic rings. The molecular weight excluding hydrogens is 166 g/mol. The number of fused-ring (bicyclic) bond motifs is 1. The van der Waals surface area contributed by atoms with Crippen molar-refractivity contribution in [2.45, 2.75) is 44.6 Å². The van der Waals surface area contributed by atoms with E-state index in [9.17, 15) is 9.59 Å². The summed E-state index contributed by atoms with van der Waals surface area (Å²) in [5.41, 5.74) is -0.451. The summed E-state index contributed by atoms with van der Waals surface area (Å²) in [5.74, 6) is 0.432. The number of carbonyl (C=O) groups excluding carboxylic acids is 2. The molecule has 0 radical (unpaired) electrons. The summed E-state index contributed by atoms with van der Waals surface area (Å²) in [5, 5.41) is 0. The lowest BCUT2D eigenvalue weighted by Gasteiger charge is -2.31. The number of amides is 1. The van der Waals surface area contributed by atoms with E-state index < -0.39 is 5.54 Å². The zero-order chi connectivity index (χ0) is 9.47. The van der Waals surface area contributed by atoms with Gasteiger partial charge in [-0.3, -0.25) is 9.59 Å². The fourth-order valence-corrected chi connectivity index (χ4v) is 2.46. The van der Waals surface area contributed by atoms with Crippen LogP contribution < -0.4 is 0 Å². The van der Waals surface area contributed by atoms with Gasteiger partial charge in [0.1, 0.15) is 0 Å². The Morgan fingerprint density at radius 2 is 2.00 bits per heavy atom. The number of carbonyl (C=O) groups is 2. The monoisotopic (exact) mass is 181 g/mol. The van der Waals surface area contributed by atoms with E-state index in [1.54, 1.807) is 4.90 Å². The first kappa shape index (κ1) is 8.73. The van der Waals surface area contributed by atoms with Gasteiger partial charge in [-0.15, -0.1) is 0 Å². The van der Waals surface area contributed by atoms with Gasteiger partial charge in [0, 0.05) is 19.4 Å². The lowest BCUT2D eigenvalue weighted by Crippen LogP contribution is -2.49. The second kappa shape index (κ2) is 2.82. The van der Waals surface area contributed by atoms with Gasteiger partial charge in [0.25, 0.3) is 0 Å². The van der Waals surface area contributed by atoms with E-state index in [1.165, 1.54) is 0 Å². The quantitative estimate of drug-likeness (QED) is 0.561. The number of ketones is 1. The minimum Gasteiger partial charge on any atom is -0.330 e. The molecule has 0 aliphatic carbocycles. The van der Waals surface area contributed by atoms with Crippen molar-refractivity contribution in [2.24, 2.45) is 0 Å². The smallest absolute Gasteiger partial charge is 0.223 e. The van der Waals surface area contributed by atoms with Crippen LogP contribution >= 0.6 is 0 Å². The van der Waals surface area contributed by atoms with E-state index in [4.69, 9.17) is 0 Å². The lowest BCUT2D eigenvalue weighted by molar-refractivity contribution is -0.140. The molecule has 0 unspecified atom stereocenters. The van der Waals surface area contributed by atoms with Crippen LogP contribution in [0.5, 0.6) is 0 Å². The minimum atomic E-state index is -0.451. The molecule has 13 heavy (non-hydrogen) atoms. The molecule has 2 aliphatic rings. The lowest BCUT2D eigenvalue weighted by atomic mass is 9.92. The number of hydrogen-bond donors (Lipinski definition) is 0. The van der Waals surface area contributed by atoms with Crippen LogP contribution in [0.25, 0.3) is 0 Å². The Balaban J connectivity index is 2.33. The molecule has 0 aromatic heterocycles. The maximum absolute atomic E-state index is 11.8. The molecule has 2 heterocycles. The van der Waals surface area contributed by atoms with Crippen molar-refractivity contribution in [3.8, 4) is 0 Å². The Labute approximate surface area is 78.1 Å². The molecule has 0 saturated carbocycles. The van der Waals surface area contributed by atoms with Gasteiger partial charge in [-0.1, -0.05) is 0 Å². The van der Waals surface area contributed by atoms with Gasteiger partial charge in [-0.05, 0) is 26.2 Å². The number of nitrogens with zero attached hydrogens (tertiary/aromatic N) is 1. The van der Waals surface area contributed by atoms with Gasteiger partial charge >= 0.3 is 0 Å². The van der Waals surface area contributed by atoms with Crippen molar-refractivity contribution < 1.29 is 9.59 Å². The van der Waals surface area contributed by atoms with Crippen molar-refractivity contribution in [1.82, 2.24) is 4.90 Å². The molecule has 2 fully saturated rings. The molecule has 72 valence electrons. The van der Waals surface area contributed by atoms with E-state index >= 15 is 0 Å². The van der Waals surface area contributed by atoms with E-state index in [1.807, 2.05) is 6.92 Å². The van der Waals surface area contributed by atoms with E-state index in [2.05, 4.69) is 0 Å². The van der Waals surface area contributed by atoms with E-state index in [0.717, 1.165) is 25.8 Å². The third kappa shape index (κ3) is 1.18. The van der Waals surface area contributed by atoms with Crippen LogP contribution in [0.1, 0.15) is 39.0 Å². The summed E-state index contributed by atoms with van der Waals surface area (Å²) in [4.78, 5) is 25.2. The first-order chi connectivity index (χ1) is 6.14. The molecule has 3 nitrogen and oxygen atoms in total. The molecule has 3 heteroatoms. The predicted octanol–water partition coefficient (Wildman–Crippen LogP) is 1.12. The number of rotatable bonds is 0. The Morgan fingerprint density at radius 3 is 2.77 bits per heavy atom. The maximum atomic E-state index is 11.8. The summed E-state index contributed by atoms with van der Waals surface area (Å²) in [6, 6.07) is 0. The minimum absolute atomic E-state index is 0.172. The van der Waals surface area contributed by atoms with Crippen LogP contribution in [0.4, 0.5) is 0 Å². The second-order valence-electron chi connectivity index (χ2n) is 4.20. The van der Waals surface area contributed by atoms with Crippen LogP contribution in [-0.4, -0.2) is 28.7 Å². The summed E-state index contributed by atoms with van der Waals surface area (Å²) in [7, 11) is 0. The summed E-state index contributed by atoms with van der Waals surface area (Å²) < 4.78 is 0. The SMILES string of the molecule is C[C@@]12CCCN1C(=O)CCCC2=O. The zero-order valence-electron chi connectivity index (χ0n) is 8.01. The van der Waals surface area contributed by atoms with Crippen molar-refractivity contribution in [2.75, 3.05) is 6.54 Å². The number of Topliss-reactive ketones (excluding diaryl/α,β-unsaturated/α-hetero) is 1. The van der Waals surface area contributed by atoms with Gasteiger partial charge in [0.15, 0.2) is 5.78 Å². The van der Waals surface area contributed by atoms with Crippen LogP contribution in [-0.2, 0) is 9.59 Å². The largest absolute Gasteiger partial charge is 0.330 e. The van der Waals surface area contributed by atoms with Crippen molar-refractivity contribution >= 4 is 11.7 Å². The average Bonchev–Trinajstić information content (AvgIpc) is 2.44. The third-order valence-electron chi connectivity index (χ3n) is 3.34. The highest BCUT2D eigenvalue weighted by atomic mass is 16.2. The second-order valence-corrected chi connectivity index (χ2v) is 4.20. The summed E-state index contributed by atoms with van der Waals surface area (Å²) >= 11 is 0. The van der Waals surface area contributed by atoms with Crippen LogP contribution in [0.15, 0.2) is 0 Å². The molecule has 1 amide bonds. The fraction of sp³-hybridized carbons (Fsp3) is 0.800. The van der Waals surface area contributed by atoms with Gasteiger partial charge < -0.3 is 4.90 Å². The molecule has 2 aliphatic heterocycles. The Kier molecular flexibility index (Phi) is 1.90. The van der Waals surface area contributed by atoms with Gasteiger partial charge in [-0.25, -0.2) is 0 Å². The molecule has 0 spiro atoms. The van der Waals surface area contributed by atoms with Crippen molar-refractivity contribution in [3.05, 3.63) is 0 Å². The van der Waals surface area contributed by atoms with Gasteiger partial charge in [0.2, 0.25) is 5.91 Å². The summed E-state index contributed by atoms with van der Waals surface area (Å²) in [6.45, 7) is 2.70. The molecule has 0 bridgehead atoms. The first-order valence-corrected chi connectivity index (χ1v) is 4.98. The molecule has 0 aromatic carbocycles. The average molecular weight is 181 g/mol. The molecule has 2 saturated heterocycles. The third-order valence-corrected chi connectivity index (χ3v) is 3.34. The molecule has 0 N–H and O–H groups in total. The standard InChI is InChI=1S/C10H15NO2/c1-10-6-3-7-11(10)9(13)5-2-4-8(10)12/h2-7H2,1H3/t10-/m0/s1. The predicted molar refractivity (Wildman–Crippen MR) is 48.2 cm³/mol. The van der Waals surface area contributed by atoms with E-state index in [0.29, 0.717) is 12.8 Å². The van der Waals surface area contributed by atoms with Gasteiger partial charge in [0.05, 0.1) is 5.54 Å². The van der Waals surface area contributed by atoms with Crippen LogP contribution in [0.3, 0.4) is 0 Å². The highest BCUT2D eigenvalue weighted by molar-refractivity contribution is 5.94. The normalized spacial score (nSPS) is 34.7. The fourth-order valence-electron chi connectivity index (χ4n) is 2.46. The molecule has 2 rings (SSSR count). The molecule has 1 atom stereocenters. The number of hydrogen-bond acceptors (Lipinski definition) is 2. The Morgan fingerprint density at radius 1 is 1.23 bits per heavy atom. The maximum Gasteiger partial charge on any atom is 0.223 e. The molecular formula is C10H15NO2. The van der Waals surface area contributed by atoms with Crippen molar-refractivity contribution in [3.63, 3.8) is 0 Å². The summed E-state index contributed by atoms with van der Waals surface area (Å²) in [6.07, 6.45) is 3.72. The topological polar surface area (TPSA) is 37.4 Å². The van der Waals surface area contributed by atoms with Crippen molar-refractivity contribution in [1.29, 1.82) is 0 Å². The van der Waals surface area contributed by atoms with Crippen LogP contribution in [0.2, 0.25) is 0 Å². The highest BCUT2D eigenvalue weighted by Gasteiger charge is 2.45. The zero-order valence-corrected chi connectivity index (χ0v) is 8.01. The highest BCUT2D eigenvalue weighted by Crippen LogP contribution is 2.34. The van der Waals surface area contributed by atoms with E-state index in [-0.39, 0.29) is 11.7 Å². The Hall–Kier alpha value is -0.860. The first-order valence-electron chi connectivity index (χ1n) is 4.98.